The van der Waals surface area contributed by atoms with Gasteiger partial charge in [0.2, 0.25) is 5.91 Å². The van der Waals surface area contributed by atoms with Gasteiger partial charge in [0.15, 0.2) is 0 Å². The molecule has 0 aliphatic heterocycles. The summed E-state index contributed by atoms with van der Waals surface area (Å²) in [5.41, 5.74) is 2.14. The lowest BCUT2D eigenvalue weighted by molar-refractivity contribution is -0.117. The minimum atomic E-state index is -0.320. The molecule has 0 heterocycles. The summed E-state index contributed by atoms with van der Waals surface area (Å²) in [7, 11) is 1.87. The van der Waals surface area contributed by atoms with Crippen LogP contribution in [-0.4, -0.2) is 24.4 Å². The molecule has 0 radical (unpaired) electrons. The van der Waals surface area contributed by atoms with E-state index in [2.05, 4.69) is 21.2 Å². The number of likely N-dealkylation sites (N-methyl/N-ethyl adjacent to an activating group) is 1. The number of aryl methyl sites for hydroxylation is 1. The van der Waals surface area contributed by atoms with Crippen molar-refractivity contribution < 1.29 is 9.18 Å². The lowest BCUT2D eigenvalue weighted by atomic mass is 10.2. The first-order valence-corrected chi connectivity index (χ1v) is 7.73. The van der Waals surface area contributed by atoms with Gasteiger partial charge in [-0.3, -0.25) is 9.69 Å². The number of nitrogens with one attached hydrogen (secondary N) is 1. The van der Waals surface area contributed by atoms with Crippen molar-refractivity contribution in [3.63, 3.8) is 0 Å². The molecule has 0 fully saturated rings. The molecule has 0 aliphatic rings. The summed E-state index contributed by atoms with van der Waals surface area (Å²) in [4.78, 5) is 13.9. The van der Waals surface area contributed by atoms with Crippen LogP contribution in [-0.2, 0) is 11.3 Å². The maximum atomic E-state index is 13.5. The third kappa shape index (κ3) is 4.64. The topological polar surface area (TPSA) is 32.3 Å². The number of carbonyl (C=O) groups excluding carboxylic acids is 1. The first kappa shape index (κ1) is 16.6. The highest BCUT2D eigenvalue weighted by molar-refractivity contribution is 9.10. The van der Waals surface area contributed by atoms with Gasteiger partial charge in [0.1, 0.15) is 5.82 Å². The molecule has 0 unspecified atom stereocenters. The Bertz CT molecular complexity index is 675. The van der Waals surface area contributed by atoms with Crippen molar-refractivity contribution in [3.05, 3.63) is 63.9 Å². The monoisotopic (exact) mass is 364 g/mol. The Hall–Kier alpha value is -1.72. The summed E-state index contributed by atoms with van der Waals surface area (Å²) in [6, 6.07) is 12.6. The zero-order valence-corrected chi connectivity index (χ0v) is 14.2. The lowest BCUT2D eigenvalue weighted by Gasteiger charge is -2.17. The van der Waals surface area contributed by atoms with Gasteiger partial charge in [-0.15, -0.1) is 0 Å². The van der Waals surface area contributed by atoms with E-state index in [0.717, 1.165) is 10.0 Å². The van der Waals surface area contributed by atoms with Crippen LogP contribution in [0.25, 0.3) is 0 Å². The van der Waals surface area contributed by atoms with Crippen LogP contribution in [0.5, 0.6) is 0 Å². The zero-order chi connectivity index (χ0) is 16.1. The smallest absolute Gasteiger partial charge is 0.238 e. The zero-order valence-electron chi connectivity index (χ0n) is 12.6. The van der Waals surface area contributed by atoms with Crippen LogP contribution in [0.2, 0.25) is 0 Å². The molecule has 1 N–H and O–H groups in total. The standard InChI is InChI=1S/C17H18BrFN2O/c1-12-7-8-14(9-16(12)19)20-17(22)11-21(2)10-13-5-3-4-6-15(13)18/h3-9H,10-11H2,1-2H3,(H,20,22). The minimum Gasteiger partial charge on any atom is -0.325 e. The Morgan fingerprint density at radius 1 is 1.27 bits per heavy atom. The fourth-order valence-electron chi connectivity index (χ4n) is 2.09. The minimum absolute atomic E-state index is 0.169. The van der Waals surface area contributed by atoms with E-state index in [1.54, 1.807) is 19.1 Å². The molecule has 0 spiro atoms. The third-order valence-electron chi connectivity index (χ3n) is 3.27. The van der Waals surface area contributed by atoms with Crippen molar-refractivity contribution in [2.45, 2.75) is 13.5 Å². The number of anilines is 1. The summed E-state index contributed by atoms with van der Waals surface area (Å²) in [5, 5.41) is 2.71. The molecule has 0 aliphatic carbocycles. The van der Waals surface area contributed by atoms with Crippen molar-refractivity contribution in [2.24, 2.45) is 0 Å². The molecule has 5 heteroatoms. The molecular weight excluding hydrogens is 347 g/mol. The molecule has 2 aromatic rings. The van der Waals surface area contributed by atoms with Gasteiger partial charge in [-0.1, -0.05) is 40.2 Å². The van der Waals surface area contributed by atoms with Crippen molar-refractivity contribution in [1.82, 2.24) is 4.90 Å². The average molecular weight is 365 g/mol. The van der Waals surface area contributed by atoms with Gasteiger partial charge in [0.05, 0.1) is 6.54 Å². The van der Waals surface area contributed by atoms with E-state index >= 15 is 0 Å². The third-order valence-corrected chi connectivity index (χ3v) is 4.04. The van der Waals surface area contributed by atoms with Crippen molar-refractivity contribution >= 4 is 27.5 Å². The van der Waals surface area contributed by atoms with Crippen LogP contribution in [0.15, 0.2) is 46.9 Å². The number of carbonyl (C=O) groups is 1. The van der Waals surface area contributed by atoms with E-state index < -0.39 is 0 Å². The quantitative estimate of drug-likeness (QED) is 0.870. The van der Waals surface area contributed by atoms with Crippen molar-refractivity contribution in [3.8, 4) is 0 Å². The van der Waals surface area contributed by atoms with E-state index in [1.807, 2.05) is 36.2 Å². The lowest BCUT2D eigenvalue weighted by Crippen LogP contribution is -2.30. The van der Waals surface area contributed by atoms with Crippen molar-refractivity contribution in [1.29, 1.82) is 0 Å². The van der Waals surface area contributed by atoms with E-state index in [0.29, 0.717) is 17.8 Å². The Labute approximate surface area is 138 Å². The predicted molar refractivity (Wildman–Crippen MR) is 90.2 cm³/mol. The van der Waals surface area contributed by atoms with Gasteiger partial charge in [0, 0.05) is 16.7 Å². The van der Waals surface area contributed by atoms with Gasteiger partial charge in [-0.2, -0.15) is 0 Å². The number of benzene rings is 2. The maximum Gasteiger partial charge on any atom is 0.238 e. The highest BCUT2D eigenvalue weighted by Gasteiger charge is 2.10. The second-order valence-electron chi connectivity index (χ2n) is 5.28. The van der Waals surface area contributed by atoms with Gasteiger partial charge in [-0.05, 0) is 43.3 Å². The van der Waals surface area contributed by atoms with Crippen LogP contribution in [0.4, 0.5) is 10.1 Å². The fraction of sp³-hybridized carbons (Fsp3) is 0.235. The average Bonchev–Trinajstić information content (AvgIpc) is 2.45. The van der Waals surface area contributed by atoms with E-state index in [9.17, 15) is 9.18 Å². The number of halogens is 2. The molecule has 22 heavy (non-hydrogen) atoms. The maximum absolute atomic E-state index is 13.5. The highest BCUT2D eigenvalue weighted by atomic mass is 79.9. The number of nitrogens with zero attached hydrogens (tertiary/aromatic N) is 1. The molecule has 1 amide bonds. The van der Waals surface area contributed by atoms with Crippen LogP contribution in [0.3, 0.4) is 0 Å². The molecule has 0 atom stereocenters. The second-order valence-corrected chi connectivity index (χ2v) is 6.13. The molecule has 0 aromatic heterocycles. The van der Waals surface area contributed by atoms with E-state index in [4.69, 9.17) is 0 Å². The van der Waals surface area contributed by atoms with Crippen molar-refractivity contribution in [2.75, 3.05) is 18.9 Å². The second kappa shape index (κ2) is 7.51. The predicted octanol–water partition coefficient (Wildman–Crippen LogP) is 3.97. The summed E-state index contributed by atoms with van der Waals surface area (Å²) >= 11 is 3.49. The molecule has 116 valence electrons. The van der Waals surface area contributed by atoms with Gasteiger partial charge < -0.3 is 5.32 Å². The molecular formula is C17H18BrFN2O. The van der Waals surface area contributed by atoms with Gasteiger partial charge >= 0.3 is 0 Å². The molecule has 0 saturated carbocycles. The SMILES string of the molecule is Cc1ccc(NC(=O)CN(C)Cc2ccccc2Br)cc1F. The Morgan fingerprint density at radius 3 is 2.68 bits per heavy atom. The number of hydrogen-bond donors (Lipinski definition) is 1. The van der Waals surface area contributed by atoms with Crippen LogP contribution < -0.4 is 5.32 Å². The first-order chi connectivity index (χ1) is 10.5. The Balaban J connectivity index is 1.91. The van der Waals surface area contributed by atoms with Gasteiger partial charge in [0.25, 0.3) is 0 Å². The van der Waals surface area contributed by atoms with Gasteiger partial charge in [-0.25, -0.2) is 4.39 Å². The highest BCUT2D eigenvalue weighted by Crippen LogP contribution is 2.17. The summed E-state index contributed by atoms with van der Waals surface area (Å²) < 4.78 is 14.5. The summed E-state index contributed by atoms with van der Waals surface area (Å²) in [5.74, 6) is -0.489. The fourth-order valence-corrected chi connectivity index (χ4v) is 2.50. The summed E-state index contributed by atoms with van der Waals surface area (Å²) in [6.45, 7) is 2.57. The first-order valence-electron chi connectivity index (χ1n) is 6.93. The number of rotatable bonds is 5. The van der Waals surface area contributed by atoms with E-state index in [-0.39, 0.29) is 18.3 Å². The number of amides is 1. The number of hydrogen-bond acceptors (Lipinski definition) is 2. The van der Waals surface area contributed by atoms with E-state index in [1.165, 1.54) is 6.07 Å². The van der Waals surface area contributed by atoms with Crippen LogP contribution in [0.1, 0.15) is 11.1 Å². The molecule has 3 nitrogen and oxygen atoms in total. The molecule has 2 aromatic carbocycles. The van der Waals surface area contributed by atoms with Crippen LogP contribution >= 0.6 is 15.9 Å². The normalized spacial score (nSPS) is 10.8. The molecule has 0 saturated heterocycles. The summed E-state index contributed by atoms with van der Waals surface area (Å²) in [6.07, 6.45) is 0. The molecule has 0 bridgehead atoms. The molecule has 2 rings (SSSR count). The Morgan fingerprint density at radius 2 is 2.00 bits per heavy atom. The largest absolute Gasteiger partial charge is 0.325 e. The van der Waals surface area contributed by atoms with Crippen LogP contribution in [0, 0.1) is 12.7 Å². The Kier molecular flexibility index (Phi) is 5.69.